The fraction of sp³-hybridized carbons (Fsp3) is 0.625. The third-order valence-electron chi connectivity index (χ3n) is 2.89. The van der Waals surface area contributed by atoms with Crippen LogP contribution in [0.15, 0.2) is 24.3 Å². The van der Waals surface area contributed by atoms with Gasteiger partial charge in [0.1, 0.15) is 0 Å². The van der Waals surface area contributed by atoms with Gasteiger partial charge < -0.3 is 9.47 Å². The Bertz CT molecular complexity index is 328. The summed E-state index contributed by atoms with van der Waals surface area (Å²) in [5.41, 5.74) is 0. The molecule has 0 atom stereocenters. The van der Waals surface area contributed by atoms with Crippen molar-refractivity contribution in [3.05, 3.63) is 24.3 Å². The van der Waals surface area contributed by atoms with E-state index in [2.05, 4.69) is 22.9 Å². The lowest BCUT2D eigenvalue weighted by Gasteiger charge is -2.12. The summed E-state index contributed by atoms with van der Waals surface area (Å²) in [5, 5.41) is 1.03. The molecule has 0 spiro atoms. The first-order valence-electron chi connectivity index (χ1n) is 7.29. The van der Waals surface area contributed by atoms with Gasteiger partial charge in [0.05, 0.1) is 13.2 Å². The Kier molecular flexibility index (Phi) is 9.60. The van der Waals surface area contributed by atoms with E-state index in [-0.39, 0.29) is 0 Å². The summed E-state index contributed by atoms with van der Waals surface area (Å²) >= 11 is 3.42. The van der Waals surface area contributed by atoms with Crippen LogP contribution in [0.2, 0.25) is 0 Å². The number of benzene rings is 1. The molecule has 1 aromatic rings. The normalized spacial score (nSPS) is 10.4. The van der Waals surface area contributed by atoms with Crippen LogP contribution < -0.4 is 9.47 Å². The van der Waals surface area contributed by atoms with Crippen LogP contribution >= 0.6 is 15.9 Å². The third kappa shape index (κ3) is 7.46. The van der Waals surface area contributed by atoms with Gasteiger partial charge in [-0.05, 0) is 31.4 Å². The standard InChI is InChI=1S/C16H25BrO2/c1-2-3-4-8-13-18-15-10-5-6-11-16(15)19-14-9-7-12-17/h5-6,10-11H,2-4,7-9,12-14H2,1H3. The smallest absolute Gasteiger partial charge is 0.161 e. The van der Waals surface area contributed by atoms with Crippen LogP contribution in [0.4, 0.5) is 0 Å². The van der Waals surface area contributed by atoms with Crippen molar-refractivity contribution in [2.24, 2.45) is 0 Å². The second-order valence-corrected chi connectivity index (χ2v) is 5.39. The number of unbranched alkanes of at least 4 members (excludes halogenated alkanes) is 4. The molecule has 0 aliphatic carbocycles. The molecule has 0 unspecified atom stereocenters. The van der Waals surface area contributed by atoms with Crippen LogP contribution in [0.25, 0.3) is 0 Å². The molecule has 2 nitrogen and oxygen atoms in total. The van der Waals surface area contributed by atoms with Crippen molar-refractivity contribution in [1.29, 1.82) is 0 Å². The van der Waals surface area contributed by atoms with E-state index in [4.69, 9.17) is 9.47 Å². The van der Waals surface area contributed by atoms with Gasteiger partial charge in [0.15, 0.2) is 11.5 Å². The molecule has 0 radical (unpaired) electrons. The van der Waals surface area contributed by atoms with Crippen molar-refractivity contribution < 1.29 is 9.47 Å². The minimum Gasteiger partial charge on any atom is -0.490 e. The Morgan fingerprint density at radius 1 is 0.842 bits per heavy atom. The first-order chi connectivity index (χ1) is 9.38. The van der Waals surface area contributed by atoms with Crippen molar-refractivity contribution in [2.75, 3.05) is 18.5 Å². The van der Waals surface area contributed by atoms with Gasteiger partial charge in [-0.25, -0.2) is 0 Å². The summed E-state index contributed by atoms with van der Waals surface area (Å²) in [6.45, 7) is 3.75. The maximum atomic E-state index is 5.81. The number of halogens is 1. The van der Waals surface area contributed by atoms with Crippen LogP contribution in [0.5, 0.6) is 11.5 Å². The Labute approximate surface area is 125 Å². The second kappa shape index (κ2) is 11.2. The van der Waals surface area contributed by atoms with Gasteiger partial charge in [-0.3, -0.25) is 0 Å². The van der Waals surface area contributed by atoms with Gasteiger partial charge in [-0.2, -0.15) is 0 Å². The highest BCUT2D eigenvalue weighted by Gasteiger charge is 2.03. The maximum absolute atomic E-state index is 5.81. The van der Waals surface area contributed by atoms with E-state index in [1.54, 1.807) is 0 Å². The van der Waals surface area contributed by atoms with E-state index in [0.29, 0.717) is 0 Å². The van der Waals surface area contributed by atoms with Gasteiger partial charge in [0.2, 0.25) is 0 Å². The van der Waals surface area contributed by atoms with Crippen molar-refractivity contribution in [2.45, 2.75) is 45.4 Å². The summed E-state index contributed by atoms with van der Waals surface area (Å²) in [4.78, 5) is 0. The zero-order chi connectivity index (χ0) is 13.8. The minimum atomic E-state index is 0.752. The van der Waals surface area contributed by atoms with E-state index < -0.39 is 0 Å². The largest absolute Gasteiger partial charge is 0.490 e. The lowest BCUT2D eigenvalue weighted by molar-refractivity contribution is 0.260. The lowest BCUT2D eigenvalue weighted by atomic mass is 10.2. The molecule has 0 bridgehead atoms. The molecule has 0 saturated heterocycles. The van der Waals surface area contributed by atoms with Crippen molar-refractivity contribution >= 4 is 15.9 Å². The molecular weight excluding hydrogens is 304 g/mol. The number of hydrogen-bond donors (Lipinski definition) is 0. The predicted molar refractivity (Wildman–Crippen MR) is 84.6 cm³/mol. The predicted octanol–water partition coefficient (Wildman–Crippen LogP) is 5.20. The SMILES string of the molecule is CCCCCCOc1ccccc1OCCCCBr. The highest BCUT2D eigenvalue weighted by atomic mass is 79.9. The van der Waals surface area contributed by atoms with Crippen molar-refractivity contribution in [3.8, 4) is 11.5 Å². The average molecular weight is 329 g/mol. The molecule has 108 valence electrons. The number of rotatable bonds is 11. The molecule has 19 heavy (non-hydrogen) atoms. The van der Waals surface area contributed by atoms with Gasteiger partial charge in [-0.15, -0.1) is 0 Å². The Morgan fingerprint density at radius 2 is 1.42 bits per heavy atom. The Morgan fingerprint density at radius 3 is 1.95 bits per heavy atom. The molecule has 0 aliphatic rings. The van der Waals surface area contributed by atoms with Crippen LogP contribution in [0.1, 0.15) is 45.4 Å². The third-order valence-corrected chi connectivity index (χ3v) is 3.45. The fourth-order valence-corrected chi connectivity index (χ4v) is 2.17. The van der Waals surface area contributed by atoms with E-state index in [1.165, 1.54) is 19.3 Å². The summed E-state index contributed by atoms with van der Waals surface area (Å²) < 4.78 is 11.6. The topological polar surface area (TPSA) is 18.5 Å². The molecule has 0 saturated carbocycles. The molecule has 0 amide bonds. The minimum absolute atomic E-state index is 0.752. The zero-order valence-electron chi connectivity index (χ0n) is 11.9. The van der Waals surface area contributed by atoms with E-state index in [9.17, 15) is 0 Å². The highest BCUT2D eigenvalue weighted by Crippen LogP contribution is 2.26. The van der Waals surface area contributed by atoms with Gasteiger partial charge in [0, 0.05) is 5.33 Å². The Balaban J connectivity index is 2.31. The quantitative estimate of drug-likeness (QED) is 0.410. The number of para-hydroxylation sites is 2. The molecule has 0 heterocycles. The van der Waals surface area contributed by atoms with Crippen molar-refractivity contribution in [1.82, 2.24) is 0 Å². The zero-order valence-corrected chi connectivity index (χ0v) is 13.5. The first-order valence-corrected chi connectivity index (χ1v) is 8.41. The van der Waals surface area contributed by atoms with Crippen molar-refractivity contribution in [3.63, 3.8) is 0 Å². The van der Waals surface area contributed by atoms with E-state index in [1.807, 2.05) is 24.3 Å². The monoisotopic (exact) mass is 328 g/mol. The van der Waals surface area contributed by atoms with Crippen LogP contribution in [-0.4, -0.2) is 18.5 Å². The van der Waals surface area contributed by atoms with Gasteiger partial charge >= 0.3 is 0 Å². The average Bonchev–Trinajstić information content (AvgIpc) is 2.45. The summed E-state index contributed by atoms with van der Waals surface area (Å²) in [6, 6.07) is 7.95. The summed E-state index contributed by atoms with van der Waals surface area (Å²) in [6.07, 6.45) is 7.11. The molecule has 0 fully saturated rings. The van der Waals surface area contributed by atoms with Crippen LogP contribution in [0, 0.1) is 0 Å². The first kappa shape index (κ1) is 16.4. The summed E-state index contributed by atoms with van der Waals surface area (Å²) in [5.74, 6) is 1.74. The van der Waals surface area contributed by atoms with Gasteiger partial charge in [0.25, 0.3) is 0 Å². The van der Waals surface area contributed by atoms with Crippen LogP contribution in [0.3, 0.4) is 0 Å². The number of alkyl halides is 1. The molecule has 3 heteroatoms. The highest BCUT2D eigenvalue weighted by molar-refractivity contribution is 9.09. The van der Waals surface area contributed by atoms with Crippen LogP contribution in [-0.2, 0) is 0 Å². The lowest BCUT2D eigenvalue weighted by Crippen LogP contribution is -2.02. The molecule has 1 rings (SSSR count). The van der Waals surface area contributed by atoms with E-state index >= 15 is 0 Å². The number of hydrogen-bond acceptors (Lipinski definition) is 2. The molecule has 0 aromatic heterocycles. The molecule has 0 N–H and O–H groups in total. The maximum Gasteiger partial charge on any atom is 0.161 e. The van der Waals surface area contributed by atoms with E-state index in [0.717, 1.165) is 49.3 Å². The van der Waals surface area contributed by atoms with Gasteiger partial charge in [-0.1, -0.05) is 54.2 Å². The molecule has 1 aromatic carbocycles. The Hall–Kier alpha value is -0.700. The fourth-order valence-electron chi connectivity index (χ4n) is 1.78. The molecule has 0 aliphatic heterocycles. The second-order valence-electron chi connectivity index (χ2n) is 4.60. The summed E-state index contributed by atoms with van der Waals surface area (Å²) in [7, 11) is 0. The number of ether oxygens (including phenoxy) is 2. The molecular formula is C16H25BrO2.